The van der Waals surface area contributed by atoms with Gasteiger partial charge in [-0.1, -0.05) is 12.1 Å². The number of thiophene rings is 1. The van der Waals surface area contributed by atoms with Gasteiger partial charge < -0.3 is 20.9 Å². The topological polar surface area (TPSA) is 189 Å². The summed E-state index contributed by atoms with van der Waals surface area (Å²) in [5, 5.41) is 22.3. The summed E-state index contributed by atoms with van der Waals surface area (Å²) in [6.07, 6.45) is 0.842. The number of rotatable bonds is 11. The molecule has 236 valence electrons. The number of nitrogen functional groups attached to an aromatic ring is 1. The van der Waals surface area contributed by atoms with E-state index in [0.29, 0.717) is 32.3 Å². The number of amidine groups is 1. The molecule has 0 saturated heterocycles. The summed E-state index contributed by atoms with van der Waals surface area (Å²) in [5.41, 5.74) is 7.91. The van der Waals surface area contributed by atoms with Crippen LogP contribution < -0.4 is 16.4 Å². The maximum atomic E-state index is 13.9. The third-order valence-electron chi connectivity index (χ3n) is 5.77. The number of nitrogens with two attached hydrogens (primary N) is 1. The van der Waals surface area contributed by atoms with E-state index >= 15 is 0 Å². The number of benzene rings is 2. The summed E-state index contributed by atoms with van der Waals surface area (Å²) in [4.78, 5) is 35.8. The molecule has 6 N–H and O–H groups in total. The number of ether oxygens (including phenoxy) is 1. The van der Waals surface area contributed by atoms with Crippen molar-refractivity contribution in [1.82, 2.24) is 5.32 Å². The second kappa shape index (κ2) is 14.5. The first kappa shape index (κ1) is 35.0. The van der Waals surface area contributed by atoms with Gasteiger partial charge in [-0.15, -0.1) is 23.1 Å². The van der Waals surface area contributed by atoms with Gasteiger partial charge in [-0.2, -0.15) is 11.8 Å². The molecule has 3 rings (SSSR count). The number of carboxylic acids is 1. The third kappa shape index (κ3) is 9.24. The molecule has 0 aliphatic heterocycles. The zero-order valence-electron chi connectivity index (χ0n) is 24.8. The minimum atomic E-state index is -4.08. The number of hydrogen-bond donors (Lipinski definition) is 5. The van der Waals surface area contributed by atoms with Crippen molar-refractivity contribution in [1.29, 1.82) is 5.41 Å². The molecule has 0 fully saturated rings. The zero-order valence-corrected chi connectivity index (χ0v) is 28.0. The second-order valence-electron chi connectivity index (χ2n) is 10.5. The van der Waals surface area contributed by atoms with Crippen molar-refractivity contribution in [3.63, 3.8) is 0 Å². The van der Waals surface area contributed by atoms with Crippen LogP contribution in [0.2, 0.25) is 0 Å². The van der Waals surface area contributed by atoms with Crippen molar-refractivity contribution >= 4 is 79.9 Å². The van der Waals surface area contributed by atoms with Crippen LogP contribution >= 0.6 is 34.9 Å². The van der Waals surface area contributed by atoms with E-state index < -0.39 is 27.5 Å². The smallest absolute Gasteiger partial charge is 0.413 e. The summed E-state index contributed by atoms with van der Waals surface area (Å²) in [7, 11) is -4.08. The molecule has 3 aromatic rings. The van der Waals surface area contributed by atoms with E-state index in [4.69, 9.17) is 21.0 Å². The quantitative estimate of drug-likeness (QED) is 0.0540. The summed E-state index contributed by atoms with van der Waals surface area (Å²) in [6, 6.07) is 11.0. The van der Waals surface area contributed by atoms with Crippen LogP contribution in [0.25, 0.3) is 11.1 Å². The summed E-state index contributed by atoms with van der Waals surface area (Å²) in [5.74, 6) is -1.27. The van der Waals surface area contributed by atoms with E-state index in [2.05, 4.69) is 10.6 Å². The molecule has 11 nitrogen and oxygen atoms in total. The Morgan fingerprint density at radius 2 is 1.84 bits per heavy atom. The largest absolute Gasteiger partial charge is 0.481 e. The summed E-state index contributed by atoms with van der Waals surface area (Å²) < 4.78 is 33.5. The van der Waals surface area contributed by atoms with Crippen LogP contribution in [-0.4, -0.2) is 60.7 Å². The molecule has 0 bridgehead atoms. The predicted octanol–water partition coefficient (Wildman–Crippen LogP) is 5.86. The van der Waals surface area contributed by atoms with Crippen LogP contribution in [0.4, 0.5) is 16.2 Å². The lowest BCUT2D eigenvalue weighted by molar-refractivity contribution is -0.136. The van der Waals surface area contributed by atoms with Gasteiger partial charge in [-0.05, 0) is 75.4 Å². The number of anilines is 2. The fourth-order valence-corrected chi connectivity index (χ4v) is 8.70. The lowest BCUT2D eigenvalue weighted by atomic mass is 9.97. The first-order chi connectivity index (χ1) is 20.5. The summed E-state index contributed by atoms with van der Waals surface area (Å²) >= 11 is 3.46. The molecule has 15 heteroatoms. The Hall–Kier alpha value is -3.53. The third-order valence-corrected chi connectivity index (χ3v) is 11.1. The first-order valence-corrected chi connectivity index (χ1v) is 17.8. The molecule has 44 heavy (non-hydrogen) atoms. The highest BCUT2D eigenvalue weighted by Gasteiger charge is 2.27. The van der Waals surface area contributed by atoms with Crippen LogP contribution in [0.15, 0.2) is 56.5 Å². The molecule has 0 spiro atoms. The molecule has 0 unspecified atom stereocenters. The lowest BCUT2D eigenvalue weighted by Gasteiger charge is -2.19. The van der Waals surface area contributed by atoms with Crippen molar-refractivity contribution in [2.45, 2.75) is 53.7 Å². The highest BCUT2D eigenvalue weighted by atomic mass is 32.2. The van der Waals surface area contributed by atoms with E-state index in [1.54, 1.807) is 58.2 Å². The number of carboxylic acid groups (broad SMARTS) is 1. The number of nitrogens with one attached hydrogen (secondary N) is 3. The SMILES string of the molecule is CSc1sc(C(=N)NC(=O)OC(C)(C)C)cc1S(=O)(=O)c1cccc(-c2c(C)cc(N)cc2NC(=O)CSCCC(=O)O)c1. The predicted molar refractivity (Wildman–Crippen MR) is 177 cm³/mol. The van der Waals surface area contributed by atoms with Gasteiger partial charge in [0.15, 0.2) is 0 Å². The van der Waals surface area contributed by atoms with Gasteiger partial charge in [-0.25, -0.2) is 13.2 Å². The highest BCUT2D eigenvalue weighted by Crippen LogP contribution is 2.39. The number of carbonyl (C=O) groups is 3. The Morgan fingerprint density at radius 1 is 1.14 bits per heavy atom. The van der Waals surface area contributed by atoms with Crippen LogP contribution in [0.1, 0.15) is 37.6 Å². The zero-order chi connectivity index (χ0) is 32.8. The molecular weight excluding hydrogens is 645 g/mol. The van der Waals surface area contributed by atoms with Gasteiger partial charge in [-0.3, -0.25) is 20.3 Å². The monoisotopic (exact) mass is 678 g/mol. The number of alkyl carbamates (subject to hydrolysis) is 1. The molecular formula is C29H34N4O7S4. The van der Waals surface area contributed by atoms with Crippen LogP contribution in [0.5, 0.6) is 0 Å². The minimum Gasteiger partial charge on any atom is -0.481 e. The molecule has 1 aromatic heterocycles. The van der Waals surface area contributed by atoms with Crippen molar-refractivity contribution in [3.05, 3.63) is 52.9 Å². The Balaban J connectivity index is 1.94. The fraction of sp³-hybridized carbons (Fsp3) is 0.310. The highest BCUT2D eigenvalue weighted by molar-refractivity contribution is 8.01. The Labute approximate surface area is 268 Å². The normalized spacial score (nSPS) is 11.6. The van der Waals surface area contributed by atoms with Crippen molar-refractivity contribution in [3.8, 4) is 11.1 Å². The number of carbonyl (C=O) groups excluding carboxylic acids is 2. The van der Waals surface area contributed by atoms with Gasteiger partial charge in [0.25, 0.3) is 0 Å². The van der Waals surface area contributed by atoms with Crippen molar-refractivity contribution in [2.75, 3.05) is 28.8 Å². The van der Waals surface area contributed by atoms with E-state index in [-0.39, 0.29) is 44.3 Å². The molecule has 0 atom stereocenters. The van der Waals surface area contributed by atoms with Crippen molar-refractivity contribution < 1.29 is 32.6 Å². The van der Waals surface area contributed by atoms with E-state index in [0.717, 1.165) is 11.3 Å². The number of sulfone groups is 1. The van der Waals surface area contributed by atoms with Crippen LogP contribution in [0, 0.1) is 12.3 Å². The molecule has 2 amide bonds. The molecule has 1 heterocycles. The maximum absolute atomic E-state index is 13.9. The molecule has 0 aliphatic rings. The number of hydrogen-bond acceptors (Lipinski definition) is 11. The number of aryl methyl sites for hydroxylation is 1. The number of aliphatic carboxylic acids is 1. The van der Waals surface area contributed by atoms with E-state index in [1.807, 2.05) is 0 Å². The minimum absolute atomic E-state index is 0.000917. The average Bonchev–Trinajstić information content (AvgIpc) is 3.35. The molecule has 0 saturated carbocycles. The van der Waals surface area contributed by atoms with Gasteiger partial charge in [0.1, 0.15) is 11.4 Å². The first-order valence-electron chi connectivity index (χ1n) is 13.1. The lowest BCUT2D eigenvalue weighted by Crippen LogP contribution is -2.36. The molecule has 0 aliphatic carbocycles. The van der Waals surface area contributed by atoms with Gasteiger partial charge in [0.05, 0.1) is 36.7 Å². The van der Waals surface area contributed by atoms with Gasteiger partial charge in [0, 0.05) is 17.0 Å². The van der Waals surface area contributed by atoms with E-state index in [1.165, 1.54) is 41.7 Å². The van der Waals surface area contributed by atoms with Crippen LogP contribution in [0.3, 0.4) is 0 Å². The van der Waals surface area contributed by atoms with Crippen LogP contribution in [-0.2, 0) is 24.2 Å². The van der Waals surface area contributed by atoms with E-state index in [9.17, 15) is 22.8 Å². The Morgan fingerprint density at radius 3 is 2.48 bits per heavy atom. The van der Waals surface area contributed by atoms with Gasteiger partial charge in [0.2, 0.25) is 15.7 Å². The fourth-order valence-electron chi connectivity index (χ4n) is 4.03. The summed E-state index contributed by atoms with van der Waals surface area (Å²) in [6.45, 7) is 6.88. The maximum Gasteiger partial charge on any atom is 0.413 e. The Bertz CT molecular complexity index is 1700. The second-order valence-corrected chi connectivity index (χ2v) is 15.7. The Kier molecular flexibility index (Phi) is 11.5. The standard InChI is InChI=1S/C29H34N4O7S4/c1-16-11-18(30)13-20(32-23(34)15-42-10-9-24(35)36)25(16)17-7-6-8-19(12-17)44(38,39)22-14-21(43-27(22)41-5)26(31)33-28(37)40-29(2,3)4/h6-8,11-14H,9-10,15,30H2,1-5H3,(H,32,34)(H,35,36)(H2,31,33,37). The average molecular weight is 679 g/mol. The van der Waals surface area contributed by atoms with Crippen molar-refractivity contribution in [2.24, 2.45) is 0 Å². The molecule has 0 radical (unpaired) electrons. The number of amides is 2. The number of thioether (sulfide) groups is 2. The molecule has 2 aromatic carbocycles. The van der Waals surface area contributed by atoms with Gasteiger partial charge >= 0.3 is 12.1 Å².